The van der Waals surface area contributed by atoms with Gasteiger partial charge in [0.1, 0.15) is 11.6 Å². The van der Waals surface area contributed by atoms with Gasteiger partial charge in [-0.2, -0.15) is 4.98 Å². The number of aryl methyl sites for hydroxylation is 1. The van der Waals surface area contributed by atoms with E-state index in [-0.39, 0.29) is 5.41 Å². The van der Waals surface area contributed by atoms with E-state index in [1.165, 1.54) is 5.56 Å². The topological polar surface area (TPSA) is 59.1 Å². The van der Waals surface area contributed by atoms with E-state index in [0.717, 1.165) is 28.6 Å². The third kappa shape index (κ3) is 4.97. The SMILES string of the molecule is COc1ccc(Nc2cc(C)nc(Nc3ccc(C(C)(C)C)cc3)n2)cc1. The first-order valence-electron chi connectivity index (χ1n) is 8.98. The number of nitrogens with one attached hydrogen (secondary N) is 2. The Morgan fingerprint density at radius 1 is 0.815 bits per heavy atom. The van der Waals surface area contributed by atoms with Crippen molar-refractivity contribution in [3.05, 3.63) is 65.9 Å². The number of anilines is 4. The Labute approximate surface area is 160 Å². The van der Waals surface area contributed by atoms with E-state index in [2.05, 4.69) is 65.6 Å². The van der Waals surface area contributed by atoms with Gasteiger partial charge in [0.05, 0.1) is 7.11 Å². The highest BCUT2D eigenvalue weighted by atomic mass is 16.5. The first-order valence-corrected chi connectivity index (χ1v) is 8.98. The maximum Gasteiger partial charge on any atom is 0.229 e. The van der Waals surface area contributed by atoms with E-state index >= 15 is 0 Å². The lowest BCUT2D eigenvalue weighted by atomic mass is 9.87. The van der Waals surface area contributed by atoms with E-state index in [1.54, 1.807) is 7.11 Å². The molecule has 2 N–H and O–H groups in total. The van der Waals surface area contributed by atoms with Gasteiger partial charge < -0.3 is 15.4 Å². The lowest BCUT2D eigenvalue weighted by molar-refractivity contribution is 0.415. The number of benzene rings is 2. The van der Waals surface area contributed by atoms with Gasteiger partial charge in [0.25, 0.3) is 0 Å². The molecule has 0 amide bonds. The Morgan fingerprint density at radius 2 is 1.41 bits per heavy atom. The minimum atomic E-state index is 0.133. The molecule has 3 rings (SSSR count). The minimum absolute atomic E-state index is 0.133. The predicted molar refractivity (Wildman–Crippen MR) is 111 cm³/mol. The summed E-state index contributed by atoms with van der Waals surface area (Å²) in [7, 11) is 1.65. The van der Waals surface area contributed by atoms with E-state index < -0.39 is 0 Å². The zero-order valence-electron chi connectivity index (χ0n) is 16.5. The average molecular weight is 362 g/mol. The Morgan fingerprint density at radius 3 is 2.00 bits per heavy atom. The van der Waals surface area contributed by atoms with Gasteiger partial charge in [-0.25, -0.2) is 4.98 Å². The molecule has 0 atom stereocenters. The number of rotatable bonds is 5. The zero-order chi connectivity index (χ0) is 19.4. The van der Waals surface area contributed by atoms with Crippen molar-refractivity contribution in [2.75, 3.05) is 17.7 Å². The highest BCUT2D eigenvalue weighted by Crippen LogP contribution is 2.25. The number of ether oxygens (including phenoxy) is 1. The van der Waals surface area contributed by atoms with Crippen LogP contribution >= 0.6 is 0 Å². The van der Waals surface area contributed by atoms with Gasteiger partial charge >= 0.3 is 0 Å². The summed E-state index contributed by atoms with van der Waals surface area (Å²) >= 11 is 0. The van der Waals surface area contributed by atoms with Crippen LogP contribution in [0, 0.1) is 6.92 Å². The molecule has 27 heavy (non-hydrogen) atoms. The lowest BCUT2D eigenvalue weighted by Gasteiger charge is -2.19. The fraction of sp³-hybridized carbons (Fsp3) is 0.273. The zero-order valence-corrected chi connectivity index (χ0v) is 16.5. The summed E-state index contributed by atoms with van der Waals surface area (Å²) in [6.07, 6.45) is 0. The van der Waals surface area contributed by atoms with Crippen LogP contribution in [0.5, 0.6) is 5.75 Å². The van der Waals surface area contributed by atoms with E-state index in [4.69, 9.17) is 4.74 Å². The van der Waals surface area contributed by atoms with Gasteiger partial charge in [-0.05, 0) is 54.3 Å². The monoisotopic (exact) mass is 362 g/mol. The molecule has 0 saturated carbocycles. The van der Waals surface area contributed by atoms with Gasteiger partial charge in [-0.15, -0.1) is 0 Å². The number of methoxy groups -OCH3 is 1. The molecule has 0 bridgehead atoms. The Balaban J connectivity index is 1.76. The molecule has 1 aromatic heterocycles. The molecule has 1 heterocycles. The van der Waals surface area contributed by atoms with Crippen LogP contribution in [0.25, 0.3) is 0 Å². The molecular weight excluding hydrogens is 336 g/mol. The summed E-state index contributed by atoms with van der Waals surface area (Å²) in [5.74, 6) is 2.12. The van der Waals surface area contributed by atoms with Crippen LogP contribution in [0.15, 0.2) is 54.6 Å². The largest absolute Gasteiger partial charge is 0.497 e. The molecule has 0 fully saturated rings. The van der Waals surface area contributed by atoms with E-state index in [0.29, 0.717) is 5.95 Å². The van der Waals surface area contributed by atoms with E-state index in [1.807, 2.05) is 37.3 Å². The second-order valence-corrected chi connectivity index (χ2v) is 7.52. The van der Waals surface area contributed by atoms with Crippen molar-refractivity contribution in [2.24, 2.45) is 0 Å². The van der Waals surface area contributed by atoms with Gasteiger partial charge in [0, 0.05) is 23.1 Å². The van der Waals surface area contributed by atoms with Gasteiger partial charge in [-0.1, -0.05) is 32.9 Å². The van der Waals surface area contributed by atoms with Crippen molar-refractivity contribution >= 4 is 23.1 Å². The van der Waals surface area contributed by atoms with Gasteiger partial charge in [-0.3, -0.25) is 0 Å². The average Bonchev–Trinajstić information content (AvgIpc) is 2.61. The first kappa shape index (κ1) is 18.7. The maximum atomic E-state index is 5.19. The fourth-order valence-corrected chi connectivity index (χ4v) is 2.69. The summed E-state index contributed by atoms with van der Waals surface area (Å²) in [6.45, 7) is 8.57. The summed E-state index contributed by atoms with van der Waals surface area (Å²) in [4.78, 5) is 9.06. The van der Waals surface area contributed by atoms with Crippen LogP contribution in [0.2, 0.25) is 0 Å². The second kappa shape index (κ2) is 7.66. The standard InChI is InChI=1S/C22H26N4O/c1-15-14-20(24-17-10-12-19(27-5)13-11-17)26-21(23-15)25-18-8-6-16(7-9-18)22(2,3)4/h6-14H,1-5H3,(H2,23,24,25,26). The Hall–Kier alpha value is -3.08. The van der Waals surface area contributed by atoms with Crippen molar-refractivity contribution in [3.63, 3.8) is 0 Å². The van der Waals surface area contributed by atoms with Crippen molar-refractivity contribution in [1.29, 1.82) is 0 Å². The van der Waals surface area contributed by atoms with Crippen molar-refractivity contribution < 1.29 is 4.74 Å². The summed E-state index contributed by atoms with van der Waals surface area (Å²) in [5, 5.41) is 6.59. The van der Waals surface area contributed by atoms with Crippen LogP contribution < -0.4 is 15.4 Å². The molecule has 2 aromatic carbocycles. The first-order chi connectivity index (χ1) is 12.8. The molecule has 140 valence electrons. The molecule has 0 aliphatic rings. The third-order valence-electron chi connectivity index (χ3n) is 4.22. The molecule has 0 radical (unpaired) electrons. The molecule has 0 saturated heterocycles. The fourth-order valence-electron chi connectivity index (χ4n) is 2.69. The van der Waals surface area contributed by atoms with Crippen LogP contribution in [0.1, 0.15) is 32.0 Å². The molecule has 0 unspecified atom stereocenters. The van der Waals surface area contributed by atoms with Crippen molar-refractivity contribution in [2.45, 2.75) is 33.1 Å². The Kier molecular flexibility index (Phi) is 5.31. The Bertz CT molecular complexity index is 897. The minimum Gasteiger partial charge on any atom is -0.497 e. The van der Waals surface area contributed by atoms with Crippen LogP contribution in [-0.4, -0.2) is 17.1 Å². The highest BCUT2D eigenvalue weighted by molar-refractivity contribution is 5.61. The molecule has 0 spiro atoms. The van der Waals surface area contributed by atoms with Crippen LogP contribution in [-0.2, 0) is 5.41 Å². The smallest absolute Gasteiger partial charge is 0.229 e. The van der Waals surface area contributed by atoms with Crippen LogP contribution in [0.3, 0.4) is 0 Å². The molecule has 0 aliphatic carbocycles. The third-order valence-corrected chi connectivity index (χ3v) is 4.22. The van der Waals surface area contributed by atoms with Crippen LogP contribution in [0.4, 0.5) is 23.1 Å². The lowest BCUT2D eigenvalue weighted by Crippen LogP contribution is -2.10. The highest BCUT2D eigenvalue weighted by Gasteiger charge is 2.13. The summed E-state index contributed by atoms with van der Waals surface area (Å²) in [5.41, 5.74) is 4.21. The number of aromatic nitrogens is 2. The predicted octanol–water partition coefficient (Wildman–Crippen LogP) is 5.58. The van der Waals surface area contributed by atoms with Gasteiger partial charge in [0.15, 0.2) is 0 Å². The van der Waals surface area contributed by atoms with E-state index in [9.17, 15) is 0 Å². The normalized spacial score (nSPS) is 11.1. The molecule has 5 nitrogen and oxygen atoms in total. The molecular formula is C22H26N4O. The summed E-state index contributed by atoms with van der Waals surface area (Å²) in [6, 6.07) is 18.0. The number of nitrogens with zero attached hydrogens (tertiary/aromatic N) is 2. The number of hydrogen-bond donors (Lipinski definition) is 2. The molecule has 0 aliphatic heterocycles. The van der Waals surface area contributed by atoms with Crippen molar-refractivity contribution in [1.82, 2.24) is 9.97 Å². The molecule has 3 aromatic rings. The maximum absolute atomic E-state index is 5.19. The summed E-state index contributed by atoms with van der Waals surface area (Å²) < 4.78 is 5.19. The second-order valence-electron chi connectivity index (χ2n) is 7.52. The van der Waals surface area contributed by atoms with Gasteiger partial charge in [0.2, 0.25) is 5.95 Å². The quantitative estimate of drug-likeness (QED) is 0.620. The number of hydrogen-bond acceptors (Lipinski definition) is 5. The van der Waals surface area contributed by atoms with Crippen molar-refractivity contribution in [3.8, 4) is 5.75 Å². The molecule has 5 heteroatoms.